The Kier molecular flexibility index (Phi) is 60.1. The lowest BCUT2D eigenvalue weighted by molar-refractivity contribution is -0.160. The Morgan fingerprint density at radius 1 is 0.416 bits per heavy atom. The fraction of sp³-hybridized carbons (Fsp3) is 0.761. The van der Waals surface area contributed by atoms with Crippen LogP contribution < -0.4 is 5.73 Å². The van der Waals surface area contributed by atoms with E-state index in [0.29, 0.717) is 6.42 Å². The molecule has 0 saturated carbocycles. The van der Waals surface area contributed by atoms with Gasteiger partial charge in [0.1, 0.15) is 6.61 Å². The molecule has 10 heteroatoms. The maximum Gasteiger partial charge on any atom is 0.472 e. The molecule has 2 unspecified atom stereocenters. The Balaban J connectivity index is 3.76. The van der Waals surface area contributed by atoms with E-state index in [1.54, 1.807) is 6.08 Å². The van der Waals surface area contributed by atoms with Gasteiger partial charge in [0.05, 0.1) is 19.6 Å². The van der Waals surface area contributed by atoms with Crippen LogP contribution >= 0.6 is 7.82 Å². The molecule has 0 spiro atoms. The predicted molar refractivity (Wildman–Crippen MR) is 330 cm³/mol. The molecule has 446 valence electrons. The Bertz CT molecular complexity index is 1530. The maximum absolute atomic E-state index is 12.6. The second-order valence-corrected chi connectivity index (χ2v) is 22.7. The van der Waals surface area contributed by atoms with Crippen molar-refractivity contribution >= 4 is 19.8 Å². The van der Waals surface area contributed by atoms with Gasteiger partial charge in [-0.25, -0.2) is 4.57 Å². The summed E-state index contributed by atoms with van der Waals surface area (Å²) in [5.41, 5.74) is 5.37. The number of phosphoric acid groups is 1. The highest BCUT2D eigenvalue weighted by Gasteiger charge is 2.25. The standard InChI is InChI=1S/C67H120NO8P/c1-3-5-7-9-11-13-15-17-19-20-21-22-23-24-25-26-27-28-29-30-31-32-33-34-35-36-37-38-39-40-41-42-43-44-46-47-49-51-53-55-57-59-66(69)73-63-65(64-75-77(71,72)74-62-61-68)76-67(70)60-58-56-54-52-50-48-45-18-16-14-12-10-8-6-4-2/h6,8,12,14-15,17-18,20-21,45,50,52,56,58,65H,3-5,7,9-11,13,16,19,22-44,46-49,51,53-55,57,59-64,68H2,1-2H3,(H,71,72)/b8-6-,14-12-,17-15-,21-20-,45-18-,52-50-,58-56-. The van der Waals surface area contributed by atoms with Gasteiger partial charge >= 0.3 is 19.8 Å². The van der Waals surface area contributed by atoms with Crippen molar-refractivity contribution in [2.24, 2.45) is 5.73 Å². The topological polar surface area (TPSA) is 134 Å². The molecule has 9 nitrogen and oxygen atoms in total. The summed E-state index contributed by atoms with van der Waals surface area (Å²) in [6, 6.07) is 0. The zero-order valence-electron chi connectivity index (χ0n) is 49.9. The first-order valence-corrected chi connectivity index (χ1v) is 33.6. The van der Waals surface area contributed by atoms with Crippen LogP contribution in [0.25, 0.3) is 0 Å². The summed E-state index contributed by atoms with van der Waals surface area (Å²) in [4.78, 5) is 35.0. The normalized spacial score (nSPS) is 13.6. The molecule has 0 aliphatic heterocycles. The number of carbonyl (C=O) groups is 2. The van der Waals surface area contributed by atoms with Gasteiger partial charge in [-0.2, -0.15) is 0 Å². The number of rotatable bonds is 60. The molecule has 0 rings (SSSR count). The van der Waals surface area contributed by atoms with Gasteiger partial charge in [0, 0.05) is 13.0 Å². The van der Waals surface area contributed by atoms with E-state index in [1.165, 1.54) is 212 Å². The number of ether oxygens (including phenoxy) is 2. The van der Waals surface area contributed by atoms with Crippen LogP contribution in [0.15, 0.2) is 85.1 Å². The van der Waals surface area contributed by atoms with Crippen LogP contribution in [0.1, 0.15) is 296 Å². The van der Waals surface area contributed by atoms with Crippen LogP contribution in [0.4, 0.5) is 0 Å². The Hall–Kier alpha value is -2.81. The van der Waals surface area contributed by atoms with E-state index in [9.17, 15) is 19.0 Å². The van der Waals surface area contributed by atoms with E-state index in [-0.39, 0.29) is 32.6 Å². The highest BCUT2D eigenvalue weighted by Crippen LogP contribution is 2.43. The van der Waals surface area contributed by atoms with Crippen LogP contribution in [0.5, 0.6) is 0 Å². The average molecular weight is 1100 g/mol. The number of hydrogen-bond donors (Lipinski definition) is 2. The monoisotopic (exact) mass is 1100 g/mol. The van der Waals surface area contributed by atoms with Gasteiger partial charge in [-0.3, -0.25) is 18.6 Å². The first kappa shape index (κ1) is 74.2. The Morgan fingerprint density at radius 2 is 0.753 bits per heavy atom. The summed E-state index contributed by atoms with van der Waals surface area (Å²) in [7, 11) is -4.41. The molecular formula is C67H120NO8P. The maximum atomic E-state index is 12.6. The lowest BCUT2D eigenvalue weighted by Gasteiger charge is -2.19. The van der Waals surface area contributed by atoms with E-state index in [2.05, 4.69) is 80.7 Å². The van der Waals surface area contributed by atoms with E-state index in [4.69, 9.17) is 24.3 Å². The second kappa shape index (κ2) is 62.4. The van der Waals surface area contributed by atoms with Gasteiger partial charge in [-0.1, -0.05) is 298 Å². The zero-order chi connectivity index (χ0) is 55.9. The smallest absolute Gasteiger partial charge is 0.462 e. The van der Waals surface area contributed by atoms with Crippen LogP contribution in [-0.2, 0) is 32.7 Å². The molecule has 77 heavy (non-hydrogen) atoms. The minimum absolute atomic E-state index is 0.00295. The summed E-state index contributed by atoms with van der Waals surface area (Å²) in [5.74, 6) is -0.969. The highest BCUT2D eigenvalue weighted by atomic mass is 31.2. The minimum atomic E-state index is -4.41. The van der Waals surface area contributed by atoms with E-state index in [1.807, 2.05) is 12.2 Å². The van der Waals surface area contributed by atoms with Crippen molar-refractivity contribution in [1.29, 1.82) is 0 Å². The number of hydrogen-bond acceptors (Lipinski definition) is 8. The van der Waals surface area contributed by atoms with Crippen molar-refractivity contribution in [1.82, 2.24) is 0 Å². The third-order valence-electron chi connectivity index (χ3n) is 13.8. The molecule has 0 aromatic carbocycles. The SMILES string of the molecule is CC/C=C\C/C=C\C/C=C\C/C=C\C/C=C\CC(=O)OC(COC(=O)CCCCCCCCCCCCCCCCCCCCCCCCCCCCCCC/C=C\C/C=C\CCCCCCC)COP(=O)(O)OCCN. The average Bonchev–Trinajstić information content (AvgIpc) is 3.42. The van der Waals surface area contributed by atoms with Crippen molar-refractivity contribution < 1.29 is 37.6 Å². The Labute approximate surface area is 474 Å². The number of esters is 2. The number of unbranched alkanes of at least 4 members (excludes halogenated alkanes) is 34. The molecule has 0 amide bonds. The second-order valence-electron chi connectivity index (χ2n) is 21.3. The van der Waals surface area contributed by atoms with E-state index in [0.717, 1.165) is 51.4 Å². The van der Waals surface area contributed by atoms with Gasteiger partial charge in [0.15, 0.2) is 6.10 Å². The lowest BCUT2D eigenvalue weighted by Crippen LogP contribution is -2.29. The van der Waals surface area contributed by atoms with Crippen LogP contribution in [0, 0.1) is 0 Å². The summed E-state index contributed by atoms with van der Waals surface area (Å²) >= 11 is 0. The molecule has 0 bridgehead atoms. The van der Waals surface area contributed by atoms with Crippen LogP contribution in [0.3, 0.4) is 0 Å². The molecule has 2 atom stereocenters. The third-order valence-corrected chi connectivity index (χ3v) is 14.8. The van der Waals surface area contributed by atoms with Crippen LogP contribution in [-0.4, -0.2) is 49.3 Å². The Morgan fingerprint density at radius 3 is 1.13 bits per heavy atom. The van der Waals surface area contributed by atoms with Gasteiger partial charge in [0.2, 0.25) is 0 Å². The molecular weight excluding hydrogens is 978 g/mol. The fourth-order valence-corrected chi connectivity index (χ4v) is 9.86. The van der Waals surface area contributed by atoms with Gasteiger partial charge < -0.3 is 20.1 Å². The molecule has 0 aliphatic carbocycles. The molecule has 0 fully saturated rings. The van der Waals surface area contributed by atoms with Crippen molar-refractivity contribution in [3.63, 3.8) is 0 Å². The highest BCUT2D eigenvalue weighted by molar-refractivity contribution is 7.47. The predicted octanol–water partition coefficient (Wildman–Crippen LogP) is 20.6. The van der Waals surface area contributed by atoms with Gasteiger partial charge in [0.25, 0.3) is 0 Å². The van der Waals surface area contributed by atoms with Crippen LogP contribution in [0.2, 0.25) is 0 Å². The first-order chi connectivity index (χ1) is 37.8. The summed E-state index contributed by atoms with van der Waals surface area (Å²) in [6.07, 6.45) is 83.1. The number of allylic oxidation sites excluding steroid dienone is 13. The zero-order valence-corrected chi connectivity index (χ0v) is 50.8. The minimum Gasteiger partial charge on any atom is -0.462 e. The number of nitrogens with two attached hydrogens (primary N) is 1. The molecule has 0 aromatic heterocycles. The fourth-order valence-electron chi connectivity index (χ4n) is 9.10. The van der Waals surface area contributed by atoms with Crippen molar-refractivity contribution in [3.8, 4) is 0 Å². The molecule has 0 radical (unpaired) electrons. The molecule has 0 aromatic rings. The summed E-state index contributed by atoms with van der Waals surface area (Å²) in [6.45, 7) is 3.52. The third kappa shape index (κ3) is 62.3. The first-order valence-electron chi connectivity index (χ1n) is 32.1. The summed E-state index contributed by atoms with van der Waals surface area (Å²) in [5, 5.41) is 0. The number of carbonyl (C=O) groups excluding carboxylic acids is 2. The van der Waals surface area contributed by atoms with Crippen molar-refractivity contribution in [2.75, 3.05) is 26.4 Å². The van der Waals surface area contributed by atoms with Gasteiger partial charge in [-0.15, -0.1) is 0 Å². The van der Waals surface area contributed by atoms with Crippen molar-refractivity contribution in [2.45, 2.75) is 302 Å². The van der Waals surface area contributed by atoms with Gasteiger partial charge in [-0.05, 0) is 70.6 Å². The number of phosphoric ester groups is 1. The molecule has 0 saturated heterocycles. The molecule has 0 heterocycles. The quantitative estimate of drug-likeness (QED) is 0.0264. The summed E-state index contributed by atoms with van der Waals surface area (Å²) < 4.78 is 32.8. The van der Waals surface area contributed by atoms with E-state index < -0.39 is 32.5 Å². The lowest BCUT2D eigenvalue weighted by atomic mass is 10.0. The van der Waals surface area contributed by atoms with E-state index >= 15 is 0 Å². The largest absolute Gasteiger partial charge is 0.472 e. The molecule has 3 N–H and O–H groups in total. The molecule has 0 aliphatic rings. The van der Waals surface area contributed by atoms with Crippen molar-refractivity contribution in [3.05, 3.63) is 85.1 Å².